The first-order valence-electron chi connectivity index (χ1n) is 5.70. The van der Waals surface area contributed by atoms with Crippen LogP contribution in [0.1, 0.15) is 32.3 Å². The molecule has 1 heterocycles. The molecule has 0 radical (unpaired) electrons. The summed E-state index contributed by atoms with van der Waals surface area (Å²) in [4.78, 5) is 10.9. The smallest absolute Gasteiger partial charge is 0.262 e. The molecule has 1 aromatic rings. The molecule has 0 fully saturated rings. The highest BCUT2D eigenvalue weighted by Gasteiger charge is 2.14. The van der Waals surface area contributed by atoms with Crippen LogP contribution in [0.25, 0.3) is 0 Å². The third kappa shape index (κ3) is 3.57. The SMILES string of the molecule is CCCC.Cc1ccc2c(c1)NC(=O)CO2. The van der Waals surface area contributed by atoms with Gasteiger partial charge in [-0.3, -0.25) is 4.79 Å². The lowest BCUT2D eigenvalue weighted by molar-refractivity contribution is -0.118. The summed E-state index contributed by atoms with van der Waals surface area (Å²) in [6, 6.07) is 5.72. The predicted molar refractivity (Wildman–Crippen MR) is 65.9 cm³/mol. The first-order chi connectivity index (χ1) is 7.67. The molecule has 0 saturated carbocycles. The molecule has 0 atom stereocenters. The molecule has 3 nitrogen and oxygen atoms in total. The van der Waals surface area contributed by atoms with Gasteiger partial charge in [-0.1, -0.05) is 32.8 Å². The Hall–Kier alpha value is -1.51. The quantitative estimate of drug-likeness (QED) is 0.791. The Kier molecular flexibility index (Phi) is 4.83. The van der Waals surface area contributed by atoms with Crippen LogP contribution in [0.5, 0.6) is 5.75 Å². The molecular formula is C13H19NO2. The topological polar surface area (TPSA) is 38.3 Å². The largest absolute Gasteiger partial charge is 0.482 e. The maximum Gasteiger partial charge on any atom is 0.262 e. The number of hydrogen-bond acceptors (Lipinski definition) is 2. The highest BCUT2D eigenvalue weighted by atomic mass is 16.5. The molecule has 0 spiro atoms. The zero-order valence-electron chi connectivity index (χ0n) is 10.2. The van der Waals surface area contributed by atoms with E-state index in [0.29, 0.717) is 0 Å². The van der Waals surface area contributed by atoms with E-state index in [1.807, 2.05) is 25.1 Å². The van der Waals surface area contributed by atoms with Crippen LogP contribution in [-0.4, -0.2) is 12.5 Å². The molecule has 88 valence electrons. The van der Waals surface area contributed by atoms with Crippen LogP contribution >= 0.6 is 0 Å². The van der Waals surface area contributed by atoms with Gasteiger partial charge in [0.2, 0.25) is 0 Å². The molecule has 2 rings (SSSR count). The molecule has 0 bridgehead atoms. The third-order valence-corrected chi connectivity index (χ3v) is 2.27. The average Bonchev–Trinajstić information content (AvgIpc) is 2.29. The summed E-state index contributed by atoms with van der Waals surface area (Å²) in [6.45, 7) is 6.46. The van der Waals surface area contributed by atoms with Crippen molar-refractivity contribution in [3.8, 4) is 5.75 Å². The van der Waals surface area contributed by atoms with Crippen LogP contribution in [0.4, 0.5) is 5.69 Å². The Labute approximate surface area is 96.8 Å². The number of carbonyl (C=O) groups excluding carboxylic acids is 1. The number of hydrogen-bond donors (Lipinski definition) is 1. The van der Waals surface area contributed by atoms with E-state index in [1.165, 1.54) is 12.8 Å². The normalized spacial score (nSPS) is 12.8. The number of aryl methyl sites for hydroxylation is 1. The van der Waals surface area contributed by atoms with Crippen LogP contribution in [0.2, 0.25) is 0 Å². The maximum absolute atomic E-state index is 10.9. The Morgan fingerprint density at radius 2 is 2.00 bits per heavy atom. The van der Waals surface area contributed by atoms with Crippen LogP contribution in [0.3, 0.4) is 0 Å². The molecule has 0 unspecified atom stereocenters. The monoisotopic (exact) mass is 221 g/mol. The van der Waals surface area contributed by atoms with Crippen molar-refractivity contribution in [3.05, 3.63) is 23.8 Å². The van der Waals surface area contributed by atoms with Crippen LogP contribution in [-0.2, 0) is 4.79 Å². The summed E-state index contributed by atoms with van der Waals surface area (Å²) in [5.74, 6) is 0.660. The van der Waals surface area contributed by atoms with Gasteiger partial charge in [-0.05, 0) is 24.6 Å². The molecular weight excluding hydrogens is 202 g/mol. The van der Waals surface area contributed by atoms with Crippen molar-refractivity contribution in [2.45, 2.75) is 33.6 Å². The van der Waals surface area contributed by atoms with E-state index in [9.17, 15) is 4.79 Å². The summed E-state index contributed by atoms with van der Waals surface area (Å²) in [5, 5.41) is 2.74. The van der Waals surface area contributed by atoms with Crippen molar-refractivity contribution >= 4 is 11.6 Å². The number of unbranched alkanes of at least 4 members (excludes halogenated alkanes) is 1. The summed E-state index contributed by atoms with van der Waals surface area (Å²) in [5.41, 5.74) is 1.88. The molecule has 1 amide bonds. The van der Waals surface area contributed by atoms with Crippen molar-refractivity contribution in [1.82, 2.24) is 0 Å². The fourth-order valence-electron chi connectivity index (χ4n) is 1.20. The summed E-state index contributed by atoms with van der Waals surface area (Å²) >= 11 is 0. The first-order valence-corrected chi connectivity index (χ1v) is 5.70. The van der Waals surface area contributed by atoms with Gasteiger partial charge in [0.15, 0.2) is 6.61 Å². The molecule has 1 N–H and O–H groups in total. The summed E-state index contributed by atoms with van der Waals surface area (Å²) in [6.07, 6.45) is 2.64. The van der Waals surface area contributed by atoms with E-state index < -0.39 is 0 Å². The van der Waals surface area contributed by atoms with Gasteiger partial charge < -0.3 is 10.1 Å². The lowest BCUT2D eigenvalue weighted by Crippen LogP contribution is -2.25. The number of anilines is 1. The predicted octanol–water partition coefficient (Wildman–Crippen LogP) is 3.13. The van der Waals surface area contributed by atoms with Gasteiger partial charge in [-0.2, -0.15) is 0 Å². The fraction of sp³-hybridized carbons (Fsp3) is 0.462. The number of carbonyl (C=O) groups is 1. The summed E-state index contributed by atoms with van der Waals surface area (Å²) < 4.78 is 5.18. The van der Waals surface area contributed by atoms with Crippen molar-refractivity contribution in [2.24, 2.45) is 0 Å². The van der Waals surface area contributed by atoms with Crippen LogP contribution < -0.4 is 10.1 Å². The Bertz CT molecular complexity index is 359. The second-order valence-electron chi connectivity index (χ2n) is 3.84. The molecule has 0 saturated heterocycles. The fourth-order valence-corrected chi connectivity index (χ4v) is 1.20. The lowest BCUT2D eigenvalue weighted by Gasteiger charge is -2.17. The minimum atomic E-state index is -0.0897. The third-order valence-electron chi connectivity index (χ3n) is 2.27. The van der Waals surface area contributed by atoms with E-state index in [0.717, 1.165) is 17.0 Å². The van der Waals surface area contributed by atoms with E-state index >= 15 is 0 Å². The van der Waals surface area contributed by atoms with Gasteiger partial charge >= 0.3 is 0 Å². The number of fused-ring (bicyclic) bond motifs is 1. The minimum Gasteiger partial charge on any atom is -0.482 e. The van der Waals surface area contributed by atoms with Crippen molar-refractivity contribution < 1.29 is 9.53 Å². The zero-order chi connectivity index (χ0) is 12.0. The Morgan fingerprint density at radius 3 is 2.62 bits per heavy atom. The van der Waals surface area contributed by atoms with E-state index in [4.69, 9.17) is 4.74 Å². The van der Waals surface area contributed by atoms with Gasteiger partial charge in [-0.25, -0.2) is 0 Å². The van der Waals surface area contributed by atoms with Gasteiger partial charge in [0.25, 0.3) is 5.91 Å². The zero-order valence-corrected chi connectivity index (χ0v) is 10.2. The second-order valence-corrected chi connectivity index (χ2v) is 3.84. The van der Waals surface area contributed by atoms with Gasteiger partial charge in [0.1, 0.15) is 5.75 Å². The highest BCUT2D eigenvalue weighted by Crippen LogP contribution is 2.27. The second kappa shape index (κ2) is 6.16. The van der Waals surface area contributed by atoms with Gasteiger partial charge in [-0.15, -0.1) is 0 Å². The molecule has 1 aliphatic rings. The van der Waals surface area contributed by atoms with E-state index in [1.54, 1.807) is 0 Å². The van der Waals surface area contributed by atoms with Crippen molar-refractivity contribution in [3.63, 3.8) is 0 Å². The van der Waals surface area contributed by atoms with Gasteiger partial charge in [0, 0.05) is 0 Å². The molecule has 16 heavy (non-hydrogen) atoms. The maximum atomic E-state index is 10.9. The molecule has 1 aromatic carbocycles. The number of nitrogens with one attached hydrogen (secondary N) is 1. The number of benzene rings is 1. The molecule has 0 aromatic heterocycles. The van der Waals surface area contributed by atoms with Crippen LogP contribution in [0, 0.1) is 6.92 Å². The van der Waals surface area contributed by atoms with Crippen molar-refractivity contribution in [1.29, 1.82) is 0 Å². The number of rotatable bonds is 1. The standard InChI is InChI=1S/C9H9NO2.C4H10/c1-6-2-3-8-7(4-6)10-9(11)5-12-8;1-3-4-2/h2-4H,5H2,1H3,(H,10,11);3-4H2,1-2H3. The Balaban J connectivity index is 0.000000280. The molecule has 0 aliphatic carbocycles. The average molecular weight is 221 g/mol. The molecule has 1 aliphatic heterocycles. The first kappa shape index (κ1) is 12.6. The summed E-state index contributed by atoms with van der Waals surface area (Å²) in [7, 11) is 0. The van der Waals surface area contributed by atoms with Crippen molar-refractivity contribution in [2.75, 3.05) is 11.9 Å². The van der Waals surface area contributed by atoms with Gasteiger partial charge in [0.05, 0.1) is 5.69 Å². The number of amides is 1. The minimum absolute atomic E-state index is 0.0897. The molecule has 3 heteroatoms. The lowest BCUT2D eigenvalue weighted by atomic mass is 10.2. The number of ether oxygens (including phenoxy) is 1. The van der Waals surface area contributed by atoms with Crippen LogP contribution in [0.15, 0.2) is 18.2 Å². The van der Waals surface area contributed by atoms with E-state index in [-0.39, 0.29) is 12.5 Å². The highest BCUT2D eigenvalue weighted by molar-refractivity contribution is 5.95. The van der Waals surface area contributed by atoms with E-state index in [2.05, 4.69) is 19.2 Å². The Morgan fingerprint density at radius 1 is 1.31 bits per heavy atom.